The average Bonchev–Trinajstić information content (AvgIpc) is 2.77. The number of amides is 1. The third-order valence-corrected chi connectivity index (χ3v) is 4.73. The largest absolute Gasteiger partial charge is 0.358 e. The van der Waals surface area contributed by atoms with Crippen LogP contribution in [0.25, 0.3) is 0 Å². The Labute approximate surface area is 173 Å². The first-order valence-electron chi connectivity index (χ1n) is 9.29. The SMILES string of the molecule is Cn1c(N[C@H](Cc2ccccc2)C(=O)Nc2ccccc2)c(C#N)c(=O)n(C)c1=O. The average molecular weight is 403 g/mol. The molecule has 0 fully saturated rings. The Morgan fingerprint density at radius 2 is 1.60 bits per heavy atom. The van der Waals surface area contributed by atoms with Gasteiger partial charge in [-0.05, 0) is 17.7 Å². The third kappa shape index (κ3) is 4.31. The van der Waals surface area contributed by atoms with Crippen molar-refractivity contribution in [3.8, 4) is 6.07 Å². The smallest absolute Gasteiger partial charge is 0.332 e. The van der Waals surface area contributed by atoms with E-state index in [2.05, 4.69) is 10.6 Å². The van der Waals surface area contributed by atoms with Crippen LogP contribution in [0.5, 0.6) is 0 Å². The van der Waals surface area contributed by atoms with Gasteiger partial charge in [0.25, 0.3) is 5.56 Å². The highest BCUT2D eigenvalue weighted by molar-refractivity contribution is 5.96. The van der Waals surface area contributed by atoms with Gasteiger partial charge in [-0.1, -0.05) is 48.5 Å². The van der Waals surface area contributed by atoms with E-state index in [1.54, 1.807) is 24.3 Å². The standard InChI is InChI=1S/C22H21N5O3/c1-26-19(17(14-23)21(29)27(2)22(26)30)25-18(13-15-9-5-3-6-10-15)20(28)24-16-11-7-4-8-12-16/h3-12,18,25H,13H2,1-2H3,(H,24,28)/t18-/m1/s1. The number of carbonyl (C=O) groups is 1. The van der Waals surface area contributed by atoms with E-state index in [-0.39, 0.29) is 23.7 Å². The lowest BCUT2D eigenvalue weighted by Crippen LogP contribution is -2.43. The van der Waals surface area contributed by atoms with Gasteiger partial charge in [-0.15, -0.1) is 0 Å². The highest BCUT2D eigenvalue weighted by atomic mass is 16.2. The molecule has 8 heteroatoms. The lowest BCUT2D eigenvalue weighted by atomic mass is 10.0. The fourth-order valence-electron chi connectivity index (χ4n) is 3.09. The lowest BCUT2D eigenvalue weighted by molar-refractivity contribution is -0.116. The van der Waals surface area contributed by atoms with E-state index >= 15 is 0 Å². The van der Waals surface area contributed by atoms with E-state index in [1.807, 2.05) is 42.5 Å². The number of nitriles is 1. The Hall–Kier alpha value is -4.12. The van der Waals surface area contributed by atoms with Crippen LogP contribution in [-0.2, 0) is 25.3 Å². The molecule has 0 radical (unpaired) electrons. The molecule has 0 aliphatic rings. The van der Waals surface area contributed by atoms with Crippen LogP contribution in [-0.4, -0.2) is 21.1 Å². The first kappa shape index (κ1) is 20.6. The number of benzene rings is 2. The van der Waals surface area contributed by atoms with Crippen LogP contribution in [0, 0.1) is 11.3 Å². The molecule has 0 aliphatic heterocycles. The molecule has 1 atom stereocenters. The van der Waals surface area contributed by atoms with Crippen molar-refractivity contribution < 1.29 is 4.79 Å². The molecule has 0 saturated heterocycles. The van der Waals surface area contributed by atoms with Gasteiger partial charge in [-0.25, -0.2) is 4.79 Å². The van der Waals surface area contributed by atoms with Gasteiger partial charge in [0.1, 0.15) is 17.9 Å². The van der Waals surface area contributed by atoms with Gasteiger partial charge in [-0.3, -0.25) is 18.7 Å². The molecule has 8 nitrogen and oxygen atoms in total. The summed E-state index contributed by atoms with van der Waals surface area (Å²) in [6, 6.07) is 19.3. The number of rotatable bonds is 6. The maximum atomic E-state index is 13.0. The topological polar surface area (TPSA) is 109 Å². The van der Waals surface area contributed by atoms with Crippen LogP contribution in [0.15, 0.2) is 70.3 Å². The van der Waals surface area contributed by atoms with Crippen molar-refractivity contribution in [1.82, 2.24) is 9.13 Å². The van der Waals surface area contributed by atoms with Crippen LogP contribution in [0.3, 0.4) is 0 Å². The summed E-state index contributed by atoms with van der Waals surface area (Å²) >= 11 is 0. The minimum Gasteiger partial charge on any atom is -0.358 e. The van der Waals surface area contributed by atoms with Crippen molar-refractivity contribution in [1.29, 1.82) is 5.26 Å². The third-order valence-electron chi connectivity index (χ3n) is 4.73. The summed E-state index contributed by atoms with van der Waals surface area (Å²) in [5.41, 5.74) is -0.0510. The fourth-order valence-corrected chi connectivity index (χ4v) is 3.09. The molecule has 1 aromatic heterocycles. The maximum absolute atomic E-state index is 13.0. The Morgan fingerprint density at radius 1 is 1.00 bits per heavy atom. The van der Waals surface area contributed by atoms with Crippen LogP contribution < -0.4 is 21.9 Å². The molecule has 152 valence electrons. The second-order valence-corrected chi connectivity index (χ2v) is 6.78. The molecule has 1 heterocycles. The molecule has 0 spiro atoms. The summed E-state index contributed by atoms with van der Waals surface area (Å²) in [5.74, 6) is -0.350. The van der Waals surface area contributed by atoms with Gasteiger partial charge < -0.3 is 10.6 Å². The Morgan fingerprint density at radius 3 is 2.20 bits per heavy atom. The summed E-state index contributed by atoms with van der Waals surface area (Å²) in [7, 11) is 2.75. The Kier molecular flexibility index (Phi) is 6.13. The number of hydrogen-bond donors (Lipinski definition) is 2. The van der Waals surface area contributed by atoms with Gasteiger partial charge in [0.05, 0.1) is 0 Å². The number of carbonyl (C=O) groups excluding carboxylic acids is 1. The molecule has 30 heavy (non-hydrogen) atoms. The van der Waals surface area contributed by atoms with E-state index in [4.69, 9.17) is 0 Å². The number of para-hydroxylation sites is 1. The maximum Gasteiger partial charge on any atom is 0.332 e. The monoisotopic (exact) mass is 403 g/mol. The van der Waals surface area contributed by atoms with Crippen LogP contribution >= 0.6 is 0 Å². The van der Waals surface area contributed by atoms with Gasteiger partial charge in [0.15, 0.2) is 5.56 Å². The van der Waals surface area contributed by atoms with Crippen molar-refractivity contribution in [2.75, 3.05) is 10.6 Å². The molecule has 0 saturated carbocycles. The summed E-state index contributed by atoms with van der Waals surface area (Å²) in [5, 5.41) is 15.3. The van der Waals surface area contributed by atoms with Crippen molar-refractivity contribution >= 4 is 17.4 Å². The zero-order valence-electron chi connectivity index (χ0n) is 16.6. The highest BCUT2D eigenvalue weighted by Crippen LogP contribution is 2.15. The van der Waals surface area contributed by atoms with Gasteiger partial charge >= 0.3 is 5.69 Å². The zero-order chi connectivity index (χ0) is 21.7. The van der Waals surface area contributed by atoms with Gasteiger partial charge in [-0.2, -0.15) is 5.26 Å². The number of nitrogens with one attached hydrogen (secondary N) is 2. The Balaban J connectivity index is 2.01. The van der Waals surface area contributed by atoms with Gasteiger partial charge in [0, 0.05) is 26.2 Å². The van der Waals surface area contributed by atoms with Crippen molar-refractivity contribution in [3.05, 3.63) is 92.6 Å². The minimum atomic E-state index is -0.836. The Bertz CT molecular complexity index is 1210. The molecule has 3 aromatic rings. The van der Waals surface area contributed by atoms with Crippen molar-refractivity contribution in [2.24, 2.45) is 14.1 Å². The second kappa shape index (κ2) is 8.92. The highest BCUT2D eigenvalue weighted by Gasteiger charge is 2.24. The van der Waals surface area contributed by atoms with E-state index < -0.39 is 17.3 Å². The van der Waals surface area contributed by atoms with E-state index in [1.165, 1.54) is 14.1 Å². The summed E-state index contributed by atoms with van der Waals surface area (Å²) in [6.45, 7) is 0. The number of anilines is 2. The number of hydrogen-bond acceptors (Lipinski definition) is 5. The molecular weight excluding hydrogens is 382 g/mol. The molecule has 2 aromatic carbocycles. The predicted molar refractivity (Wildman–Crippen MR) is 114 cm³/mol. The van der Waals surface area contributed by atoms with Crippen molar-refractivity contribution in [2.45, 2.75) is 12.5 Å². The summed E-state index contributed by atoms with van der Waals surface area (Å²) < 4.78 is 2.02. The predicted octanol–water partition coefficient (Wildman–Crippen LogP) is 1.62. The first-order chi connectivity index (χ1) is 14.4. The summed E-state index contributed by atoms with van der Waals surface area (Å²) in [6.07, 6.45) is 0.285. The molecule has 1 amide bonds. The van der Waals surface area contributed by atoms with E-state index in [0.29, 0.717) is 5.69 Å². The molecule has 2 N–H and O–H groups in total. The number of aromatic nitrogens is 2. The van der Waals surface area contributed by atoms with Crippen LogP contribution in [0.4, 0.5) is 11.5 Å². The summed E-state index contributed by atoms with van der Waals surface area (Å²) in [4.78, 5) is 37.8. The molecule has 0 unspecified atom stereocenters. The second-order valence-electron chi connectivity index (χ2n) is 6.78. The molecule has 0 bridgehead atoms. The molecule has 0 aliphatic carbocycles. The zero-order valence-corrected chi connectivity index (χ0v) is 16.6. The van der Waals surface area contributed by atoms with Gasteiger partial charge in [0.2, 0.25) is 5.91 Å². The normalized spacial score (nSPS) is 11.4. The molecule has 3 rings (SSSR count). The van der Waals surface area contributed by atoms with Crippen LogP contribution in [0.2, 0.25) is 0 Å². The lowest BCUT2D eigenvalue weighted by Gasteiger charge is -2.22. The van der Waals surface area contributed by atoms with Crippen LogP contribution in [0.1, 0.15) is 11.1 Å². The fraction of sp³-hybridized carbons (Fsp3) is 0.182. The number of nitrogens with zero attached hydrogens (tertiary/aromatic N) is 3. The van der Waals surface area contributed by atoms with E-state index in [0.717, 1.165) is 14.7 Å². The van der Waals surface area contributed by atoms with Crippen molar-refractivity contribution in [3.63, 3.8) is 0 Å². The van der Waals surface area contributed by atoms with E-state index in [9.17, 15) is 19.6 Å². The quantitative estimate of drug-likeness (QED) is 0.650. The first-order valence-corrected chi connectivity index (χ1v) is 9.29. The minimum absolute atomic E-state index is 0.00902. The molecular formula is C22H21N5O3.